The summed E-state index contributed by atoms with van der Waals surface area (Å²) >= 11 is 0. The van der Waals surface area contributed by atoms with Gasteiger partial charge in [-0.3, -0.25) is 0 Å². The Bertz CT molecular complexity index is 711. The van der Waals surface area contributed by atoms with E-state index in [1.54, 1.807) is 0 Å². The van der Waals surface area contributed by atoms with Gasteiger partial charge in [-0.05, 0) is 12.8 Å². The molecular weight excluding hydrogens is 472 g/mol. The van der Waals surface area contributed by atoms with Crippen LogP contribution in [0.5, 0.6) is 0 Å². The molecule has 0 bridgehead atoms. The maximum atomic E-state index is 11.1. The minimum atomic E-state index is -1.51. The largest absolute Gasteiger partial charge is 0.447 e. The normalized spacial score (nSPS) is 48.9. The van der Waals surface area contributed by atoms with E-state index in [0.717, 1.165) is 0 Å². The van der Waals surface area contributed by atoms with Crippen LogP contribution in [0.3, 0.4) is 0 Å². The third-order valence-corrected chi connectivity index (χ3v) is 6.62. The molecule has 1 saturated carbocycles. The first kappa shape index (κ1) is 28.3. The monoisotopic (exact) mass is 510 g/mol. The summed E-state index contributed by atoms with van der Waals surface area (Å²) in [6.45, 7) is -0.412. The van der Waals surface area contributed by atoms with Crippen LogP contribution in [0.15, 0.2) is 0 Å². The second kappa shape index (κ2) is 11.9. The number of primary amides is 1. The summed E-state index contributed by atoms with van der Waals surface area (Å²) < 4.78 is 27.6. The van der Waals surface area contributed by atoms with E-state index >= 15 is 0 Å². The quantitative estimate of drug-likeness (QED) is 0.152. The zero-order valence-corrected chi connectivity index (χ0v) is 19.1. The van der Waals surface area contributed by atoms with Gasteiger partial charge < -0.3 is 78.5 Å². The van der Waals surface area contributed by atoms with Crippen molar-refractivity contribution in [3.8, 4) is 0 Å². The fraction of sp³-hybridized carbons (Fsp3) is 0.947. The van der Waals surface area contributed by atoms with Crippen LogP contribution in [0.2, 0.25) is 0 Å². The van der Waals surface area contributed by atoms with Crippen molar-refractivity contribution in [1.29, 1.82) is 0 Å². The van der Waals surface area contributed by atoms with Gasteiger partial charge >= 0.3 is 6.09 Å². The van der Waals surface area contributed by atoms with Crippen LogP contribution in [0.4, 0.5) is 4.79 Å². The number of aliphatic hydroxyl groups excluding tert-OH is 4. The Balaban J connectivity index is 1.70. The smallest absolute Gasteiger partial charge is 0.404 e. The van der Waals surface area contributed by atoms with Crippen LogP contribution < -0.4 is 34.4 Å². The number of amides is 1. The highest BCUT2D eigenvalue weighted by Crippen LogP contribution is 2.30. The molecule has 1 aliphatic carbocycles. The van der Waals surface area contributed by atoms with Gasteiger partial charge in [0, 0.05) is 18.6 Å². The molecule has 1 amide bonds. The van der Waals surface area contributed by atoms with Crippen molar-refractivity contribution in [1.82, 2.24) is 0 Å². The highest BCUT2D eigenvalue weighted by atomic mass is 16.7. The molecule has 16 nitrogen and oxygen atoms in total. The predicted octanol–water partition coefficient (Wildman–Crippen LogP) is -6.19. The molecular formula is C19H38N6O10. The van der Waals surface area contributed by atoms with Crippen molar-refractivity contribution in [3.63, 3.8) is 0 Å². The van der Waals surface area contributed by atoms with Gasteiger partial charge in [-0.1, -0.05) is 0 Å². The van der Waals surface area contributed by atoms with E-state index in [4.69, 9.17) is 53.3 Å². The summed E-state index contributed by atoms with van der Waals surface area (Å²) in [7, 11) is 0. The van der Waals surface area contributed by atoms with Crippen LogP contribution in [0, 0.1) is 0 Å². The number of rotatable bonds is 7. The highest BCUT2D eigenvalue weighted by Gasteiger charge is 2.50. The Morgan fingerprint density at radius 3 is 1.94 bits per heavy atom. The maximum Gasteiger partial charge on any atom is 0.404 e. The van der Waals surface area contributed by atoms with E-state index in [-0.39, 0.29) is 19.4 Å². The summed E-state index contributed by atoms with van der Waals surface area (Å²) in [4.78, 5) is 10.9. The number of nitrogens with two attached hydrogens (primary N) is 6. The van der Waals surface area contributed by atoms with Crippen molar-refractivity contribution < 1.29 is 48.9 Å². The molecule has 16 N–H and O–H groups in total. The standard InChI is InChI=1S/C19H38N6O10/c20-3-9-8(26)2-7(23)17(32-9)34-15-5(21)1-6(22)16(14(15)29)35-18-13(28)11(24)12(27)10(33-18)4-31-19(25)30/h5-18,26-29H,1-4,20-24H2,(H2,25,30)/t5-,6+,7+,8+,9+,10-,11-,12+,13-,14+,15+,16-,17+,18-/m1/s1. The van der Waals surface area contributed by atoms with Crippen LogP contribution in [-0.4, -0.2) is 125 Å². The molecule has 0 radical (unpaired) electrons. The average Bonchev–Trinajstić information content (AvgIpc) is 2.79. The molecule has 35 heavy (non-hydrogen) atoms. The summed E-state index contributed by atoms with van der Waals surface area (Å²) in [5.41, 5.74) is 34.9. The molecule has 16 heteroatoms. The van der Waals surface area contributed by atoms with Crippen molar-refractivity contribution in [2.45, 2.75) is 98.4 Å². The van der Waals surface area contributed by atoms with Gasteiger partial charge in [0.2, 0.25) is 0 Å². The number of carbonyl (C=O) groups excluding carboxylic acids is 1. The summed E-state index contributed by atoms with van der Waals surface area (Å²) in [5.74, 6) is 0. The van der Waals surface area contributed by atoms with Crippen molar-refractivity contribution in [2.75, 3.05) is 13.2 Å². The van der Waals surface area contributed by atoms with E-state index in [0.29, 0.717) is 0 Å². The van der Waals surface area contributed by atoms with Crippen LogP contribution in [0.25, 0.3) is 0 Å². The third kappa shape index (κ3) is 6.37. The Morgan fingerprint density at radius 2 is 1.37 bits per heavy atom. The zero-order valence-electron chi connectivity index (χ0n) is 19.1. The first-order valence-corrected chi connectivity index (χ1v) is 11.4. The molecule has 2 saturated heterocycles. The van der Waals surface area contributed by atoms with Gasteiger partial charge in [-0.25, -0.2) is 4.79 Å². The lowest BCUT2D eigenvalue weighted by atomic mass is 9.84. The van der Waals surface area contributed by atoms with Gasteiger partial charge in [0.15, 0.2) is 12.6 Å². The van der Waals surface area contributed by atoms with Crippen LogP contribution in [0.1, 0.15) is 12.8 Å². The number of aliphatic hydroxyl groups is 4. The van der Waals surface area contributed by atoms with Crippen LogP contribution in [-0.2, 0) is 23.7 Å². The number of ether oxygens (including phenoxy) is 5. The first-order chi connectivity index (χ1) is 16.4. The zero-order chi connectivity index (χ0) is 26.0. The molecule has 2 heterocycles. The average molecular weight is 511 g/mol. The molecule has 0 aromatic carbocycles. The minimum absolute atomic E-state index is 0.0350. The Labute approximate surface area is 201 Å². The van der Waals surface area contributed by atoms with E-state index in [2.05, 4.69) is 4.74 Å². The lowest BCUT2D eigenvalue weighted by Crippen LogP contribution is -2.68. The highest BCUT2D eigenvalue weighted by molar-refractivity contribution is 5.64. The molecule has 3 fully saturated rings. The molecule has 0 aromatic rings. The van der Waals surface area contributed by atoms with E-state index in [9.17, 15) is 25.2 Å². The second-order valence-corrected chi connectivity index (χ2v) is 9.23. The van der Waals surface area contributed by atoms with Crippen LogP contribution >= 0.6 is 0 Å². The third-order valence-electron chi connectivity index (χ3n) is 6.62. The molecule has 2 aliphatic heterocycles. The van der Waals surface area contributed by atoms with Crippen molar-refractivity contribution >= 4 is 6.09 Å². The summed E-state index contributed by atoms with van der Waals surface area (Å²) in [6, 6.07) is -3.46. The molecule has 0 aromatic heterocycles. The summed E-state index contributed by atoms with van der Waals surface area (Å²) in [5, 5.41) is 41.8. The Morgan fingerprint density at radius 1 is 0.800 bits per heavy atom. The topological polar surface area (TPSA) is 300 Å². The van der Waals surface area contributed by atoms with Gasteiger partial charge in [-0.15, -0.1) is 0 Å². The number of hydrogen-bond acceptors (Lipinski definition) is 15. The number of carbonyl (C=O) groups is 1. The molecule has 0 unspecified atom stereocenters. The first-order valence-electron chi connectivity index (χ1n) is 11.4. The van der Waals surface area contributed by atoms with Crippen molar-refractivity contribution in [2.24, 2.45) is 34.4 Å². The SMILES string of the molecule is NC[C@@H]1O[C@@H](O[C@@H]2[C@H](O)[C@H](O[C@H]3O[C@H](COC(N)=O)[C@H](O)[C@@H](N)[C@H]3O)[C@@H](N)C[C@H]2N)[C@@H](N)C[C@@H]1O. The lowest BCUT2D eigenvalue weighted by molar-refractivity contribution is -0.314. The van der Waals surface area contributed by atoms with Gasteiger partial charge in [0.1, 0.15) is 43.2 Å². The fourth-order valence-corrected chi connectivity index (χ4v) is 4.58. The predicted molar refractivity (Wildman–Crippen MR) is 117 cm³/mol. The Hall–Kier alpha value is -1.25. The van der Waals surface area contributed by atoms with Gasteiger partial charge in [-0.2, -0.15) is 0 Å². The van der Waals surface area contributed by atoms with E-state index < -0.39 is 98.3 Å². The Kier molecular flexibility index (Phi) is 9.60. The van der Waals surface area contributed by atoms with Gasteiger partial charge in [0.25, 0.3) is 0 Å². The molecule has 14 atom stereocenters. The molecule has 0 spiro atoms. The fourth-order valence-electron chi connectivity index (χ4n) is 4.58. The molecule has 3 aliphatic rings. The lowest BCUT2D eigenvalue weighted by Gasteiger charge is -2.47. The maximum absolute atomic E-state index is 11.1. The summed E-state index contributed by atoms with van der Waals surface area (Å²) in [6.07, 6.45) is -12.5. The molecule has 204 valence electrons. The number of hydrogen-bond donors (Lipinski definition) is 10. The van der Waals surface area contributed by atoms with E-state index in [1.165, 1.54) is 0 Å². The second-order valence-electron chi connectivity index (χ2n) is 9.23. The van der Waals surface area contributed by atoms with Crippen molar-refractivity contribution in [3.05, 3.63) is 0 Å². The molecule has 3 rings (SSSR count). The van der Waals surface area contributed by atoms with E-state index in [1.807, 2.05) is 0 Å². The minimum Gasteiger partial charge on any atom is -0.447 e. The van der Waals surface area contributed by atoms with Gasteiger partial charge in [0.05, 0.1) is 24.3 Å².